The first-order valence-electron chi connectivity index (χ1n) is 8.75. The molecule has 0 N–H and O–H groups in total. The van der Waals surface area contributed by atoms with Crippen molar-refractivity contribution < 1.29 is 0 Å². The molecule has 2 aromatic heterocycles. The molecule has 3 nitrogen and oxygen atoms in total. The fraction of sp³-hybridized carbons (Fsp3) is 0.500. The summed E-state index contributed by atoms with van der Waals surface area (Å²) in [7, 11) is 0. The highest BCUT2D eigenvalue weighted by Gasteiger charge is 2.09. The normalized spacial score (nSPS) is 11.1. The Balaban J connectivity index is 2.01. The van der Waals surface area contributed by atoms with Gasteiger partial charge in [-0.25, -0.2) is 0 Å². The Labute approximate surface area is 140 Å². The van der Waals surface area contributed by atoms with E-state index >= 15 is 0 Å². The second-order valence-corrected chi connectivity index (χ2v) is 6.31. The molecule has 0 amide bonds. The van der Waals surface area contributed by atoms with Gasteiger partial charge < -0.3 is 0 Å². The van der Waals surface area contributed by atoms with Crippen molar-refractivity contribution in [1.82, 2.24) is 14.9 Å². The quantitative estimate of drug-likeness (QED) is 0.630. The lowest BCUT2D eigenvalue weighted by Crippen LogP contribution is -2.25. The summed E-state index contributed by atoms with van der Waals surface area (Å²) in [5.74, 6) is 0. The molecule has 0 saturated heterocycles. The molecule has 0 atom stereocenters. The topological polar surface area (TPSA) is 29.0 Å². The molecule has 23 heavy (non-hydrogen) atoms. The van der Waals surface area contributed by atoms with Gasteiger partial charge in [-0.15, -0.1) is 0 Å². The van der Waals surface area contributed by atoms with Gasteiger partial charge in [0.15, 0.2) is 0 Å². The van der Waals surface area contributed by atoms with Crippen molar-refractivity contribution in [2.24, 2.45) is 0 Å². The maximum absolute atomic E-state index is 4.65. The van der Waals surface area contributed by atoms with Gasteiger partial charge >= 0.3 is 0 Å². The lowest BCUT2D eigenvalue weighted by atomic mass is 10.2. The molecule has 0 fully saturated rings. The highest BCUT2D eigenvalue weighted by Crippen LogP contribution is 2.11. The lowest BCUT2D eigenvalue weighted by Gasteiger charge is -2.22. The lowest BCUT2D eigenvalue weighted by molar-refractivity contribution is 0.244. The summed E-state index contributed by atoms with van der Waals surface area (Å²) in [5.41, 5.74) is 4.46. The summed E-state index contributed by atoms with van der Waals surface area (Å²) in [6.45, 7) is 9.25. The number of aryl methyl sites for hydroxylation is 2. The summed E-state index contributed by atoms with van der Waals surface area (Å²) in [6.07, 6.45) is 5.14. The zero-order chi connectivity index (χ0) is 16.5. The van der Waals surface area contributed by atoms with Crippen molar-refractivity contribution in [3.8, 4) is 0 Å². The Morgan fingerprint density at radius 3 is 1.83 bits per heavy atom. The highest BCUT2D eigenvalue weighted by molar-refractivity contribution is 5.12. The van der Waals surface area contributed by atoms with Crippen LogP contribution in [0.3, 0.4) is 0 Å². The van der Waals surface area contributed by atoms with Crippen LogP contribution in [-0.2, 0) is 13.1 Å². The Morgan fingerprint density at radius 1 is 0.783 bits per heavy atom. The van der Waals surface area contributed by atoms with E-state index in [9.17, 15) is 0 Å². The van der Waals surface area contributed by atoms with Crippen molar-refractivity contribution in [3.63, 3.8) is 0 Å². The largest absolute Gasteiger partial charge is 0.292 e. The average Bonchev–Trinajstić information content (AvgIpc) is 2.51. The molecule has 124 valence electrons. The zero-order valence-corrected chi connectivity index (χ0v) is 14.8. The van der Waals surface area contributed by atoms with Crippen molar-refractivity contribution in [2.45, 2.75) is 59.5 Å². The van der Waals surface area contributed by atoms with Gasteiger partial charge in [-0.1, -0.05) is 38.3 Å². The number of unbranched alkanes of at least 4 members (excludes halogenated alkanes) is 3. The van der Waals surface area contributed by atoms with Crippen molar-refractivity contribution >= 4 is 0 Å². The minimum absolute atomic E-state index is 0.892. The molecule has 0 aliphatic carbocycles. The number of hydrogen-bond donors (Lipinski definition) is 0. The van der Waals surface area contributed by atoms with Gasteiger partial charge in [0.25, 0.3) is 0 Å². The minimum Gasteiger partial charge on any atom is -0.292 e. The Hall–Kier alpha value is -1.74. The maximum atomic E-state index is 4.65. The molecular formula is C20H29N3. The first-order chi connectivity index (χ1) is 11.2. The summed E-state index contributed by atoms with van der Waals surface area (Å²) in [4.78, 5) is 11.8. The number of pyridine rings is 2. The van der Waals surface area contributed by atoms with E-state index in [1.807, 2.05) is 0 Å². The van der Waals surface area contributed by atoms with E-state index in [-0.39, 0.29) is 0 Å². The first-order valence-corrected chi connectivity index (χ1v) is 8.75. The van der Waals surface area contributed by atoms with Crippen LogP contribution in [0.5, 0.6) is 0 Å². The van der Waals surface area contributed by atoms with Crippen molar-refractivity contribution in [2.75, 3.05) is 6.54 Å². The third-order valence-electron chi connectivity index (χ3n) is 3.99. The van der Waals surface area contributed by atoms with Crippen LogP contribution in [0.2, 0.25) is 0 Å². The standard InChI is InChI=1S/C20H29N3/c1-4-5-6-7-14-23(15-19-12-8-10-17(2)21-19)16-20-13-9-11-18(3)22-20/h8-13H,4-7,14-16H2,1-3H3. The zero-order valence-electron chi connectivity index (χ0n) is 14.8. The molecule has 0 bridgehead atoms. The van der Waals surface area contributed by atoms with E-state index in [2.05, 4.69) is 72.0 Å². The third-order valence-corrected chi connectivity index (χ3v) is 3.99. The summed E-state index contributed by atoms with van der Waals surface area (Å²) >= 11 is 0. The molecular weight excluding hydrogens is 282 g/mol. The van der Waals surface area contributed by atoms with Crippen LogP contribution < -0.4 is 0 Å². The number of nitrogens with zero attached hydrogens (tertiary/aromatic N) is 3. The van der Waals surface area contributed by atoms with E-state index in [1.54, 1.807) is 0 Å². The van der Waals surface area contributed by atoms with Crippen molar-refractivity contribution in [3.05, 3.63) is 59.2 Å². The average molecular weight is 311 g/mol. The van der Waals surface area contributed by atoms with E-state index < -0.39 is 0 Å². The van der Waals surface area contributed by atoms with E-state index in [4.69, 9.17) is 0 Å². The molecule has 2 rings (SSSR count). The minimum atomic E-state index is 0.892. The maximum Gasteiger partial charge on any atom is 0.0547 e. The Kier molecular flexibility index (Phi) is 7.21. The predicted octanol–water partition coefficient (Wildman–Crippen LogP) is 4.68. The second-order valence-electron chi connectivity index (χ2n) is 6.31. The second kappa shape index (κ2) is 9.41. The molecule has 0 radical (unpaired) electrons. The van der Waals surface area contributed by atoms with Gasteiger partial charge in [-0.05, 0) is 51.1 Å². The van der Waals surface area contributed by atoms with Crippen LogP contribution >= 0.6 is 0 Å². The van der Waals surface area contributed by atoms with E-state index in [1.165, 1.54) is 25.7 Å². The van der Waals surface area contributed by atoms with Crippen LogP contribution in [0.25, 0.3) is 0 Å². The molecule has 0 aliphatic rings. The van der Waals surface area contributed by atoms with E-state index in [0.29, 0.717) is 0 Å². The fourth-order valence-electron chi connectivity index (χ4n) is 2.81. The van der Waals surface area contributed by atoms with Gasteiger partial charge in [-0.2, -0.15) is 0 Å². The molecule has 2 heterocycles. The Bertz CT molecular complexity index is 547. The fourth-order valence-corrected chi connectivity index (χ4v) is 2.81. The van der Waals surface area contributed by atoms with Gasteiger partial charge in [0, 0.05) is 24.5 Å². The summed E-state index contributed by atoms with van der Waals surface area (Å²) < 4.78 is 0. The van der Waals surface area contributed by atoms with Crippen LogP contribution in [0.15, 0.2) is 36.4 Å². The smallest absolute Gasteiger partial charge is 0.0547 e. The van der Waals surface area contributed by atoms with Crippen LogP contribution in [0.4, 0.5) is 0 Å². The number of rotatable bonds is 9. The predicted molar refractivity (Wildman–Crippen MR) is 96.2 cm³/mol. The molecule has 3 heteroatoms. The molecule has 0 aliphatic heterocycles. The van der Waals surface area contributed by atoms with E-state index in [0.717, 1.165) is 42.4 Å². The monoisotopic (exact) mass is 311 g/mol. The molecule has 0 saturated carbocycles. The van der Waals surface area contributed by atoms with Crippen LogP contribution in [0.1, 0.15) is 55.4 Å². The number of aromatic nitrogens is 2. The molecule has 2 aromatic rings. The van der Waals surface area contributed by atoms with Gasteiger partial charge in [0.05, 0.1) is 11.4 Å². The third kappa shape index (κ3) is 6.49. The highest BCUT2D eigenvalue weighted by atomic mass is 15.1. The first kappa shape index (κ1) is 17.6. The van der Waals surface area contributed by atoms with Gasteiger partial charge in [0.2, 0.25) is 0 Å². The molecule has 0 unspecified atom stereocenters. The molecule has 0 aromatic carbocycles. The van der Waals surface area contributed by atoms with Gasteiger partial charge in [0.1, 0.15) is 0 Å². The van der Waals surface area contributed by atoms with Crippen molar-refractivity contribution in [1.29, 1.82) is 0 Å². The van der Waals surface area contributed by atoms with Crippen LogP contribution in [-0.4, -0.2) is 21.4 Å². The number of hydrogen-bond acceptors (Lipinski definition) is 3. The van der Waals surface area contributed by atoms with Crippen LogP contribution in [0, 0.1) is 13.8 Å². The summed E-state index contributed by atoms with van der Waals surface area (Å²) in [6, 6.07) is 12.5. The Morgan fingerprint density at radius 2 is 1.35 bits per heavy atom. The SMILES string of the molecule is CCCCCCN(Cc1cccc(C)n1)Cc1cccc(C)n1. The molecule has 0 spiro atoms. The summed E-state index contributed by atoms with van der Waals surface area (Å²) in [5, 5.41) is 0. The van der Waals surface area contributed by atoms with Gasteiger partial charge in [-0.3, -0.25) is 14.9 Å².